The summed E-state index contributed by atoms with van der Waals surface area (Å²) < 4.78 is 0. The number of aliphatic hydroxyl groups excluding tert-OH is 1. The number of carbonyl (C=O) groups excluding carboxylic acids is 1. The minimum absolute atomic E-state index is 0.0238. The van der Waals surface area contributed by atoms with Gasteiger partial charge in [-0.1, -0.05) is 60.7 Å². The van der Waals surface area contributed by atoms with Gasteiger partial charge >= 0.3 is 12.0 Å². The molecule has 0 radical (unpaired) electrons. The Morgan fingerprint density at radius 1 is 0.893 bits per heavy atom. The van der Waals surface area contributed by atoms with Crippen LogP contribution in [-0.2, 0) is 17.6 Å². The van der Waals surface area contributed by atoms with Gasteiger partial charge in [-0.05, 0) is 30.9 Å². The fourth-order valence-electron chi connectivity index (χ4n) is 2.98. The summed E-state index contributed by atoms with van der Waals surface area (Å²) in [6, 6.07) is 18.0. The van der Waals surface area contributed by atoms with Crippen LogP contribution in [0.4, 0.5) is 4.79 Å². The van der Waals surface area contributed by atoms with Crippen molar-refractivity contribution >= 4 is 12.0 Å². The number of amides is 2. The first-order valence-corrected chi connectivity index (χ1v) is 9.48. The molecule has 0 heterocycles. The fraction of sp³-hybridized carbons (Fsp3) is 0.364. The van der Waals surface area contributed by atoms with Gasteiger partial charge in [-0.2, -0.15) is 0 Å². The van der Waals surface area contributed by atoms with Crippen molar-refractivity contribution in [3.63, 3.8) is 0 Å². The van der Waals surface area contributed by atoms with E-state index in [1.807, 2.05) is 60.7 Å². The zero-order valence-electron chi connectivity index (χ0n) is 16.0. The second kappa shape index (κ2) is 11.1. The highest BCUT2D eigenvalue weighted by molar-refractivity contribution is 5.74. The number of carboxylic acids is 1. The highest BCUT2D eigenvalue weighted by Gasteiger charge is 2.20. The highest BCUT2D eigenvalue weighted by atomic mass is 16.4. The molecule has 3 unspecified atom stereocenters. The standard InChI is InChI=1S/C22H28N2O4/c1-16(20(25)15-18-10-6-3-7-11-18)23-22(28)24-19(12-13-21(26)27)14-17-8-4-2-5-9-17/h2-11,16,19-20,25H,12-15H2,1H3,(H,26,27)(H2,23,24,28). The molecular formula is C22H28N2O4. The summed E-state index contributed by atoms with van der Waals surface area (Å²) in [5, 5.41) is 24.9. The molecule has 4 N–H and O–H groups in total. The quantitative estimate of drug-likeness (QED) is 0.506. The van der Waals surface area contributed by atoms with Gasteiger partial charge in [0.15, 0.2) is 0 Å². The molecule has 0 bridgehead atoms. The Morgan fingerprint density at radius 3 is 1.96 bits per heavy atom. The number of rotatable bonds is 10. The van der Waals surface area contributed by atoms with Crippen molar-refractivity contribution in [2.45, 2.75) is 50.8 Å². The molecule has 6 nitrogen and oxygen atoms in total. The summed E-state index contributed by atoms with van der Waals surface area (Å²) in [6.45, 7) is 1.75. The lowest BCUT2D eigenvalue weighted by Crippen LogP contribution is -2.50. The number of hydrogen-bond donors (Lipinski definition) is 4. The van der Waals surface area contributed by atoms with Crippen LogP contribution in [0.25, 0.3) is 0 Å². The van der Waals surface area contributed by atoms with Gasteiger partial charge in [0, 0.05) is 18.9 Å². The molecular weight excluding hydrogens is 356 g/mol. The fourth-order valence-corrected chi connectivity index (χ4v) is 2.98. The van der Waals surface area contributed by atoms with Crippen molar-refractivity contribution in [1.29, 1.82) is 0 Å². The molecule has 3 atom stereocenters. The van der Waals surface area contributed by atoms with Crippen LogP contribution >= 0.6 is 0 Å². The van der Waals surface area contributed by atoms with Crippen molar-refractivity contribution < 1.29 is 19.8 Å². The van der Waals surface area contributed by atoms with E-state index in [0.717, 1.165) is 11.1 Å². The third-order valence-corrected chi connectivity index (χ3v) is 4.59. The van der Waals surface area contributed by atoms with Gasteiger partial charge < -0.3 is 20.8 Å². The van der Waals surface area contributed by atoms with Crippen LogP contribution in [0.2, 0.25) is 0 Å². The van der Waals surface area contributed by atoms with Crippen LogP contribution in [0.3, 0.4) is 0 Å². The first kappa shape index (κ1) is 21.4. The van der Waals surface area contributed by atoms with E-state index in [2.05, 4.69) is 10.6 Å². The molecule has 2 aromatic carbocycles. The number of urea groups is 1. The molecule has 0 aliphatic rings. The van der Waals surface area contributed by atoms with Crippen molar-refractivity contribution in [2.24, 2.45) is 0 Å². The predicted molar refractivity (Wildman–Crippen MR) is 108 cm³/mol. The Morgan fingerprint density at radius 2 is 1.43 bits per heavy atom. The Balaban J connectivity index is 1.89. The molecule has 28 heavy (non-hydrogen) atoms. The number of benzene rings is 2. The van der Waals surface area contributed by atoms with Crippen molar-refractivity contribution in [3.8, 4) is 0 Å². The average Bonchev–Trinajstić information content (AvgIpc) is 2.67. The lowest BCUT2D eigenvalue weighted by molar-refractivity contribution is -0.137. The molecule has 2 amide bonds. The van der Waals surface area contributed by atoms with Crippen LogP contribution in [-0.4, -0.2) is 40.4 Å². The van der Waals surface area contributed by atoms with E-state index in [1.165, 1.54) is 0 Å². The number of carboxylic acid groups (broad SMARTS) is 1. The van der Waals surface area contributed by atoms with E-state index in [-0.39, 0.29) is 12.5 Å². The van der Waals surface area contributed by atoms with E-state index < -0.39 is 24.1 Å². The van der Waals surface area contributed by atoms with Crippen LogP contribution in [0.15, 0.2) is 60.7 Å². The van der Waals surface area contributed by atoms with E-state index in [0.29, 0.717) is 19.3 Å². The van der Waals surface area contributed by atoms with Crippen LogP contribution in [0.5, 0.6) is 0 Å². The molecule has 150 valence electrons. The normalized spacial score (nSPS) is 13.9. The third kappa shape index (κ3) is 7.80. The van der Waals surface area contributed by atoms with Crippen molar-refractivity contribution in [2.75, 3.05) is 0 Å². The van der Waals surface area contributed by atoms with Crippen LogP contribution in [0.1, 0.15) is 30.9 Å². The molecule has 2 rings (SSSR count). The zero-order valence-corrected chi connectivity index (χ0v) is 16.0. The summed E-state index contributed by atoms with van der Waals surface area (Å²) in [6.07, 6.45) is 0.569. The maximum Gasteiger partial charge on any atom is 0.315 e. The maximum absolute atomic E-state index is 12.4. The van der Waals surface area contributed by atoms with Crippen LogP contribution < -0.4 is 10.6 Å². The van der Waals surface area contributed by atoms with E-state index in [9.17, 15) is 14.7 Å². The highest BCUT2D eigenvalue weighted by Crippen LogP contribution is 2.09. The van der Waals surface area contributed by atoms with Gasteiger partial charge in [0.05, 0.1) is 12.1 Å². The molecule has 0 fully saturated rings. The third-order valence-electron chi connectivity index (χ3n) is 4.59. The van der Waals surface area contributed by atoms with E-state index >= 15 is 0 Å². The monoisotopic (exact) mass is 384 g/mol. The molecule has 0 aromatic heterocycles. The summed E-state index contributed by atoms with van der Waals surface area (Å²) in [7, 11) is 0. The SMILES string of the molecule is CC(NC(=O)NC(CCC(=O)O)Cc1ccccc1)C(O)Cc1ccccc1. The zero-order chi connectivity index (χ0) is 20.4. The number of nitrogens with one attached hydrogen (secondary N) is 2. The first-order chi connectivity index (χ1) is 13.4. The Kier molecular flexibility index (Phi) is 8.49. The van der Waals surface area contributed by atoms with Gasteiger partial charge in [-0.25, -0.2) is 4.79 Å². The number of aliphatic hydroxyl groups is 1. The van der Waals surface area contributed by atoms with Gasteiger partial charge in [0.25, 0.3) is 0 Å². The van der Waals surface area contributed by atoms with Gasteiger partial charge in [-0.15, -0.1) is 0 Å². The average molecular weight is 384 g/mol. The first-order valence-electron chi connectivity index (χ1n) is 9.48. The summed E-state index contributed by atoms with van der Waals surface area (Å²) in [4.78, 5) is 23.3. The molecule has 0 aliphatic carbocycles. The molecule has 0 saturated heterocycles. The molecule has 0 aliphatic heterocycles. The lowest BCUT2D eigenvalue weighted by atomic mass is 10.0. The number of aliphatic carboxylic acids is 1. The van der Waals surface area contributed by atoms with Gasteiger partial charge in [-0.3, -0.25) is 4.79 Å². The molecule has 6 heteroatoms. The second-order valence-electron chi connectivity index (χ2n) is 6.98. The van der Waals surface area contributed by atoms with Gasteiger partial charge in [0.1, 0.15) is 0 Å². The lowest BCUT2D eigenvalue weighted by Gasteiger charge is -2.23. The second-order valence-corrected chi connectivity index (χ2v) is 6.98. The topological polar surface area (TPSA) is 98.7 Å². The molecule has 2 aromatic rings. The minimum Gasteiger partial charge on any atom is -0.481 e. The Bertz CT molecular complexity index is 737. The molecule has 0 saturated carbocycles. The maximum atomic E-state index is 12.4. The van der Waals surface area contributed by atoms with Crippen molar-refractivity contribution in [1.82, 2.24) is 10.6 Å². The smallest absolute Gasteiger partial charge is 0.315 e. The Hall–Kier alpha value is -2.86. The summed E-state index contributed by atoms with van der Waals surface area (Å²) in [5.41, 5.74) is 2.02. The summed E-state index contributed by atoms with van der Waals surface area (Å²) >= 11 is 0. The largest absolute Gasteiger partial charge is 0.481 e. The minimum atomic E-state index is -0.896. The molecule has 0 spiro atoms. The van der Waals surface area contributed by atoms with Gasteiger partial charge in [0.2, 0.25) is 0 Å². The Labute approximate surface area is 165 Å². The predicted octanol–water partition coefficient (Wildman–Crippen LogP) is 2.75. The number of hydrogen-bond acceptors (Lipinski definition) is 3. The van der Waals surface area contributed by atoms with Crippen LogP contribution in [0, 0.1) is 0 Å². The van der Waals surface area contributed by atoms with E-state index in [4.69, 9.17) is 5.11 Å². The number of carbonyl (C=O) groups is 2. The summed E-state index contributed by atoms with van der Waals surface area (Å²) in [5.74, 6) is -0.896. The van der Waals surface area contributed by atoms with E-state index in [1.54, 1.807) is 6.92 Å². The van der Waals surface area contributed by atoms with Crippen molar-refractivity contribution in [3.05, 3.63) is 71.8 Å².